The van der Waals surface area contributed by atoms with Crippen molar-refractivity contribution in [1.82, 2.24) is 9.97 Å². The first-order chi connectivity index (χ1) is 17.2. The molecule has 0 amide bonds. The van der Waals surface area contributed by atoms with E-state index in [4.69, 9.17) is 9.47 Å². The van der Waals surface area contributed by atoms with Crippen LogP contribution in [0.2, 0.25) is 0 Å². The van der Waals surface area contributed by atoms with Gasteiger partial charge in [-0.05, 0) is 60.7 Å². The van der Waals surface area contributed by atoms with Crippen LogP contribution < -0.4 is 14.8 Å². The number of sulfone groups is 2. The van der Waals surface area contributed by atoms with Gasteiger partial charge in [0.15, 0.2) is 0 Å². The molecule has 0 unspecified atom stereocenters. The molecule has 0 aliphatic rings. The van der Waals surface area contributed by atoms with Gasteiger partial charge >= 0.3 is 0 Å². The normalized spacial score (nSPS) is 11.4. The van der Waals surface area contributed by atoms with E-state index in [1.165, 1.54) is 81.1 Å². The molecule has 190 valence electrons. The van der Waals surface area contributed by atoms with Crippen molar-refractivity contribution in [2.24, 2.45) is 0 Å². The molecular weight excluding hydrogens is 502 g/mol. The minimum Gasteiger partial charge on any atom is -0.497 e. The molecule has 9 nitrogen and oxygen atoms in total. The van der Waals surface area contributed by atoms with Gasteiger partial charge in [-0.3, -0.25) is 0 Å². The van der Waals surface area contributed by atoms with Gasteiger partial charge in [-0.15, -0.1) is 0 Å². The highest BCUT2D eigenvalue weighted by Crippen LogP contribution is 2.34. The summed E-state index contributed by atoms with van der Waals surface area (Å²) in [5, 5.41) is 2.81. The van der Waals surface area contributed by atoms with E-state index in [-0.39, 0.29) is 36.4 Å². The number of nitrogens with one attached hydrogen (secondary N) is 1. The smallest absolute Gasteiger partial charge is 0.208 e. The number of aromatic nitrogens is 2. The fourth-order valence-electron chi connectivity index (χ4n) is 3.37. The SMILES string of the molecule is CC.CNc1cnc2c(S(=O)(=O)c3ccc(OC)cc3)ccc(S(=O)(=O)c3ccc(OC)cc3)c2n1. The zero-order chi connectivity index (χ0) is 26.5. The largest absolute Gasteiger partial charge is 0.497 e. The molecule has 0 atom stereocenters. The van der Waals surface area contributed by atoms with Gasteiger partial charge in [0.2, 0.25) is 19.7 Å². The molecule has 0 saturated heterocycles. The van der Waals surface area contributed by atoms with Crippen LogP contribution in [-0.4, -0.2) is 48.1 Å². The summed E-state index contributed by atoms with van der Waals surface area (Å²) in [6.07, 6.45) is 1.35. The fourth-order valence-corrected chi connectivity index (χ4v) is 6.16. The van der Waals surface area contributed by atoms with Gasteiger partial charge in [0.1, 0.15) is 28.4 Å². The third-order valence-electron chi connectivity index (χ3n) is 5.20. The van der Waals surface area contributed by atoms with Gasteiger partial charge in [0.25, 0.3) is 0 Å². The van der Waals surface area contributed by atoms with E-state index in [0.29, 0.717) is 11.5 Å². The number of fused-ring (bicyclic) bond motifs is 1. The maximum absolute atomic E-state index is 13.5. The standard InChI is InChI=1S/C23H21N3O6S2.C2H6/c1-24-21-14-25-22-19(33(27,28)17-8-4-15(31-2)5-9-17)12-13-20(23(22)26-21)34(29,30)18-10-6-16(32-3)7-11-18;1-2/h4-14H,1-3H3,(H,24,26);1-2H3. The Morgan fingerprint density at radius 2 is 1.08 bits per heavy atom. The lowest BCUT2D eigenvalue weighted by Gasteiger charge is -2.13. The highest BCUT2D eigenvalue weighted by molar-refractivity contribution is 7.92. The molecule has 3 aromatic carbocycles. The lowest BCUT2D eigenvalue weighted by molar-refractivity contribution is 0.414. The van der Waals surface area contributed by atoms with E-state index in [2.05, 4.69) is 15.3 Å². The number of ether oxygens (including phenoxy) is 2. The summed E-state index contributed by atoms with van der Waals surface area (Å²) >= 11 is 0. The number of methoxy groups -OCH3 is 2. The highest BCUT2D eigenvalue weighted by atomic mass is 32.2. The molecule has 1 N–H and O–H groups in total. The monoisotopic (exact) mass is 529 g/mol. The summed E-state index contributed by atoms with van der Waals surface area (Å²) in [6.45, 7) is 4.00. The van der Waals surface area contributed by atoms with Gasteiger partial charge < -0.3 is 14.8 Å². The third kappa shape index (κ3) is 4.98. The average molecular weight is 530 g/mol. The predicted molar refractivity (Wildman–Crippen MR) is 137 cm³/mol. The van der Waals surface area contributed by atoms with Crippen LogP contribution in [0.5, 0.6) is 11.5 Å². The summed E-state index contributed by atoms with van der Waals surface area (Å²) in [7, 11) is -3.52. The van der Waals surface area contributed by atoms with Crippen molar-refractivity contribution in [2.75, 3.05) is 26.6 Å². The Hall–Kier alpha value is -3.70. The van der Waals surface area contributed by atoms with Crippen molar-refractivity contribution < 1.29 is 26.3 Å². The molecule has 0 spiro atoms. The Kier molecular flexibility index (Phi) is 8.16. The van der Waals surface area contributed by atoms with Crippen LogP contribution in [0.25, 0.3) is 11.0 Å². The Balaban J connectivity index is 0.00000176. The van der Waals surface area contributed by atoms with Gasteiger partial charge in [0.05, 0.1) is 40.0 Å². The molecule has 0 saturated carbocycles. The molecule has 0 radical (unpaired) electrons. The highest BCUT2D eigenvalue weighted by Gasteiger charge is 2.28. The summed E-state index contributed by atoms with van der Waals surface area (Å²) in [5.74, 6) is 1.29. The lowest BCUT2D eigenvalue weighted by Crippen LogP contribution is -2.09. The van der Waals surface area contributed by atoms with Crippen LogP contribution in [-0.2, 0) is 19.7 Å². The quantitative estimate of drug-likeness (QED) is 0.371. The molecule has 0 bridgehead atoms. The third-order valence-corrected chi connectivity index (χ3v) is 8.80. The maximum atomic E-state index is 13.5. The lowest BCUT2D eigenvalue weighted by atomic mass is 10.3. The van der Waals surface area contributed by atoms with Crippen LogP contribution in [0.4, 0.5) is 5.82 Å². The molecule has 0 aliphatic carbocycles. The number of hydrogen-bond donors (Lipinski definition) is 1. The van der Waals surface area contributed by atoms with Crippen LogP contribution in [0, 0.1) is 0 Å². The van der Waals surface area contributed by atoms with Gasteiger partial charge in [-0.25, -0.2) is 26.8 Å². The van der Waals surface area contributed by atoms with E-state index in [1.54, 1.807) is 7.05 Å². The van der Waals surface area contributed by atoms with Crippen molar-refractivity contribution in [3.8, 4) is 11.5 Å². The van der Waals surface area contributed by atoms with Gasteiger partial charge in [0, 0.05) is 7.05 Å². The Morgan fingerprint density at radius 3 is 1.47 bits per heavy atom. The molecule has 1 aromatic heterocycles. The number of benzene rings is 3. The summed E-state index contributed by atoms with van der Waals surface area (Å²) in [4.78, 5) is 8.32. The molecule has 11 heteroatoms. The first-order valence-corrected chi connectivity index (χ1v) is 13.9. The van der Waals surface area contributed by atoms with E-state index < -0.39 is 19.7 Å². The van der Waals surface area contributed by atoms with Gasteiger partial charge in [-0.1, -0.05) is 13.8 Å². The van der Waals surface area contributed by atoms with Gasteiger partial charge in [-0.2, -0.15) is 0 Å². The maximum Gasteiger partial charge on any atom is 0.208 e. The molecule has 36 heavy (non-hydrogen) atoms. The number of nitrogens with zero attached hydrogens (tertiary/aromatic N) is 2. The number of rotatable bonds is 7. The molecular formula is C25H27N3O6S2. The van der Waals surface area contributed by atoms with Crippen molar-refractivity contribution >= 4 is 36.5 Å². The van der Waals surface area contributed by atoms with Crippen LogP contribution in [0.1, 0.15) is 13.8 Å². The number of anilines is 1. The Morgan fingerprint density at radius 1 is 0.667 bits per heavy atom. The molecule has 1 heterocycles. The molecule has 4 aromatic rings. The van der Waals surface area contributed by atoms with E-state index in [1.807, 2.05) is 13.8 Å². The fraction of sp³-hybridized carbons (Fsp3) is 0.200. The molecule has 4 rings (SSSR count). The average Bonchev–Trinajstić information content (AvgIpc) is 2.93. The minimum atomic E-state index is -4.05. The molecule has 0 fully saturated rings. The van der Waals surface area contributed by atoms with Crippen molar-refractivity contribution in [1.29, 1.82) is 0 Å². The summed E-state index contributed by atoms with van der Waals surface area (Å²) in [6, 6.07) is 14.3. The first-order valence-electron chi connectivity index (χ1n) is 11.0. The topological polar surface area (TPSA) is 125 Å². The predicted octanol–water partition coefficient (Wildman–Crippen LogP) is 4.38. The minimum absolute atomic E-state index is 0.0111. The van der Waals surface area contributed by atoms with Crippen LogP contribution >= 0.6 is 0 Å². The second kappa shape index (κ2) is 10.9. The Labute approximate surface area is 211 Å². The van der Waals surface area contributed by atoms with Crippen molar-refractivity contribution in [3.63, 3.8) is 0 Å². The van der Waals surface area contributed by atoms with E-state index in [0.717, 1.165) is 0 Å². The number of hydrogen-bond acceptors (Lipinski definition) is 9. The van der Waals surface area contributed by atoms with Crippen LogP contribution in [0.3, 0.4) is 0 Å². The van der Waals surface area contributed by atoms with E-state index >= 15 is 0 Å². The zero-order valence-corrected chi connectivity index (χ0v) is 22.1. The second-order valence-corrected chi connectivity index (χ2v) is 11.0. The Bertz CT molecular complexity index is 1570. The second-order valence-electron chi connectivity index (χ2n) is 7.12. The summed E-state index contributed by atoms with van der Waals surface area (Å²) in [5.41, 5.74) is -0.110. The van der Waals surface area contributed by atoms with E-state index in [9.17, 15) is 16.8 Å². The first kappa shape index (κ1) is 26.9. The molecule has 0 aliphatic heterocycles. The van der Waals surface area contributed by atoms with Crippen LogP contribution in [0.15, 0.2) is 86.4 Å². The van der Waals surface area contributed by atoms with Crippen molar-refractivity contribution in [3.05, 3.63) is 66.9 Å². The zero-order valence-electron chi connectivity index (χ0n) is 20.5. The summed E-state index contributed by atoms with van der Waals surface area (Å²) < 4.78 is 63.9. The van der Waals surface area contributed by atoms with Crippen molar-refractivity contribution in [2.45, 2.75) is 33.4 Å².